The molecule has 0 spiro atoms. The summed E-state index contributed by atoms with van der Waals surface area (Å²) in [5.74, 6) is 2.88. The van der Waals surface area contributed by atoms with Crippen molar-refractivity contribution in [1.82, 2.24) is 9.97 Å². The molecule has 2 heterocycles. The van der Waals surface area contributed by atoms with E-state index < -0.39 is 0 Å². The van der Waals surface area contributed by atoms with Crippen LogP contribution in [0.15, 0.2) is 6.07 Å². The smallest absolute Gasteiger partial charge is 0.136 e. The van der Waals surface area contributed by atoms with E-state index in [0.717, 1.165) is 56.4 Å². The highest BCUT2D eigenvalue weighted by Crippen LogP contribution is 2.24. The second kappa shape index (κ2) is 6.85. The van der Waals surface area contributed by atoms with Crippen LogP contribution in [0.5, 0.6) is 0 Å². The van der Waals surface area contributed by atoms with Gasteiger partial charge in [0.25, 0.3) is 0 Å². The number of hydrogen-bond acceptors (Lipinski definition) is 4. The quantitative estimate of drug-likeness (QED) is 0.887. The minimum Gasteiger partial charge on any atom is -0.381 e. The number of anilines is 1. The average molecular weight is 263 g/mol. The Labute approximate surface area is 116 Å². The van der Waals surface area contributed by atoms with E-state index in [4.69, 9.17) is 9.72 Å². The van der Waals surface area contributed by atoms with Crippen LogP contribution in [0.3, 0.4) is 0 Å². The van der Waals surface area contributed by atoms with Crippen molar-refractivity contribution in [1.29, 1.82) is 0 Å². The van der Waals surface area contributed by atoms with Crippen molar-refractivity contribution in [2.45, 2.75) is 46.0 Å². The molecule has 0 aliphatic carbocycles. The van der Waals surface area contributed by atoms with Gasteiger partial charge in [0.15, 0.2) is 0 Å². The summed E-state index contributed by atoms with van der Waals surface area (Å²) in [7, 11) is 0. The van der Waals surface area contributed by atoms with Crippen molar-refractivity contribution in [3.63, 3.8) is 0 Å². The Bertz CT molecular complexity index is 400. The summed E-state index contributed by atoms with van der Waals surface area (Å²) < 4.78 is 5.56. The maximum Gasteiger partial charge on any atom is 0.136 e. The molecule has 4 nitrogen and oxygen atoms in total. The Balaban J connectivity index is 2.21. The molecule has 0 bridgehead atoms. The summed E-state index contributed by atoms with van der Waals surface area (Å²) in [6, 6.07) is 2.08. The second-order valence-corrected chi connectivity index (χ2v) is 5.65. The molecular formula is C15H25N3O. The Morgan fingerprint density at radius 3 is 2.89 bits per heavy atom. The Morgan fingerprint density at radius 1 is 1.42 bits per heavy atom. The molecule has 0 aromatic carbocycles. The molecule has 1 N–H and O–H groups in total. The van der Waals surface area contributed by atoms with Crippen LogP contribution in [0.2, 0.25) is 0 Å². The van der Waals surface area contributed by atoms with E-state index in [1.54, 1.807) is 0 Å². The monoisotopic (exact) mass is 263 g/mol. The number of nitrogens with one attached hydrogen (secondary N) is 1. The number of hydrogen-bond donors (Lipinski definition) is 1. The van der Waals surface area contributed by atoms with Crippen LogP contribution < -0.4 is 5.32 Å². The lowest BCUT2D eigenvalue weighted by Gasteiger charge is -2.22. The Morgan fingerprint density at radius 2 is 2.26 bits per heavy atom. The average Bonchev–Trinajstić information content (AvgIpc) is 2.39. The Hall–Kier alpha value is -1.16. The number of nitrogens with zero attached hydrogens (tertiary/aromatic N) is 2. The molecule has 0 saturated carbocycles. The van der Waals surface area contributed by atoms with Crippen molar-refractivity contribution in [3.8, 4) is 0 Å². The molecule has 1 atom stereocenters. The molecule has 19 heavy (non-hydrogen) atoms. The molecule has 0 amide bonds. The maximum atomic E-state index is 5.56. The van der Waals surface area contributed by atoms with E-state index in [1.165, 1.54) is 0 Å². The SMILES string of the molecule is CCNc1cc(CC(C)C)nc(C2CCCOC2)n1. The van der Waals surface area contributed by atoms with E-state index >= 15 is 0 Å². The summed E-state index contributed by atoms with van der Waals surface area (Å²) in [5.41, 5.74) is 1.14. The van der Waals surface area contributed by atoms with Crippen LogP contribution in [0.1, 0.15) is 51.0 Å². The fraction of sp³-hybridized carbons (Fsp3) is 0.733. The van der Waals surface area contributed by atoms with E-state index in [1.807, 2.05) is 0 Å². The fourth-order valence-electron chi connectivity index (χ4n) is 2.44. The van der Waals surface area contributed by atoms with Gasteiger partial charge in [-0.1, -0.05) is 13.8 Å². The molecule has 2 rings (SSSR count). The van der Waals surface area contributed by atoms with Crippen molar-refractivity contribution in [2.75, 3.05) is 25.1 Å². The summed E-state index contributed by atoms with van der Waals surface area (Å²) in [6.45, 7) is 9.06. The minimum absolute atomic E-state index is 0.360. The third kappa shape index (κ3) is 4.16. The molecular weight excluding hydrogens is 238 g/mol. The zero-order valence-electron chi connectivity index (χ0n) is 12.3. The molecule has 4 heteroatoms. The first-order valence-corrected chi connectivity index (χ1v) is 7.38. The van der Waals surface area contributed by atoms with Crippen LogP contribution in [-0.4, -0.2) is 29.7 Å². The summed E-state index contributed by atoms with van der Waals surface area (Å²) >= 11 is 0. The lowest BCUT2D eigenvalue weighted by molar-refractivity contribution is 0.0780. The lowest BCUT2D eigenvalue weighted by atomic mass is 10.0. The third-order valence-electron chi connectivity index (χ3n) is 3.30. The molecule has 1 aliphatic rings. The summed E-state index contributed by atoms with van der Waals surface area (Å²) in [6.07, 6.45) is 3.25. The minimum atomic E-state index is 0.360. The van der Waals surface area contributed by atoms with Gasteiger partial charge in [0.1, 0.15) is 11.6 Å². The maximum absolute atomic E-state index is 5.56. The molecule has 1 aliphatic heterocycles. The van der Waals surface area contributed by atoms with Gasteiger partial charge in [0.2, 0.25) is 0 Å². The fourth-order valence-corrected chi connectivity index (χ4v) is 2.44. The topological polar surface area (TPSA) is 47.0 Å². The molecule has 1 saturated heterocycles. The van der Waals surface area contributed by atoms with Crippen LogP contribution in [0.25, 0.3) is 0 Å². The van der Waals surface area contributed by atoms with Gasteiger partial charge in [0.05, 0.1) is 6.61 Å². The first kappa shape index (κ1) is 14.3. The Kier molecular flexibility index (Phi) is 5.14. The zero-order chi connectivity index (χ0) is 13.7. The highest BCUT2D eigenvalue weighted by molar-refractivity contribution is 5.36. The largest absolute Gasteiger partial charge is 0.381 e. The number of ether oxygens (including phenoxy) is 1. The molecule has 0 radical (unpaired) electrons. The number of aromatic nitrogens is 2. The second-order valence-electron chi connectivity index (χ2n) is 5.65. The van der Waals surface area contributed by atoms with Crippen LogP contribution in [0, 0.1) is 5.92 Å². The van der Waals surface area contributed by atoms with E-state index in [9.17, 15) is 0 Å². The summed E-state index contributed by atoms with van der Waals surface area (Å²) in [5, 5.41) is 3.31. The summed E-state index contributed by atoms with van der Waals surface area (Å²) in [4.78, 5) is 9.40. The van der Waals surface area contributed by atoms with E-state index in [0.29, 0.717) is 11.8 Å². The lowest BCUT2D eigenvalue weighted by Crippen LogP contribution is -2.19. The third-order valence-corrected chi connectivity index (χ3v) is 3.30. The van der Waals surface area contributed by atoms with Crippen molar-refractivity contribution in [2.24, 2.45) is 5.92 Å². The predicted molar refractivity (Wildman–Crippen MR) is 77.5 cm³/mol. The van der Waals surface area contributed by atoms with Crippen LogP contribution in [-0.2, 0) is 11.2 Å². The van der Waals surface area contributed by atoms with E-state index in [-0.39, 0.29) is 0 Å². The molecule has 1 aromatic rings. The van der Waals surface area contributed by atoms with Gasteiger partial charge in [-0.3, -0.25) is 0 Å². The molecule has 1 fully saturated rings. The van der Waals surface area contributed by atoms with E-state index in [2.05, 4.69) is 37.1 Å². The van der Waals surface area contributed by atoms with Gasteiger partial charge in [0, 0.05) is 30.8 Å². The van der Waals surface area contributed by atoms with Crippen LogP contribution >= 0.6 is 0 Å². The standard InChI is InChI=1S/C15H25N3O/c1-4-16-14-9-13(8-11(2)3)17-15(18-14)12-6-5-7-19-10-12/h9,11-12H,4-8,10H2,1-3H3,(H,16,17,18). The highest BCUT2D eigenvalue weighted by atomic mass is 16.5. The first-order chi connectivity index (χ1) is 9.19. The molecule has 106 valence electrons. The van der Waals surface area contributed by atoms with Crippen LogP contribution in [0.4, 0.5) is 5.82 Å². The van der Waals surface area contributed by atoms with Crippen molar-refractivity contribution >= 4 is 5.82 Å². The van der Waals surface area contributed by atoms with Gasteiger partial charge < -0.3 is 10.1 Å². The normalized spacial score (nSPS) is 19.7. The van der Waals surface area contributed by atoms with Gasteiger partial charge >= 0.3 is 0 Å². The number of rotatable bonds is 5. The van der Waals surface area contributed by atoms with Gasteiger partial charge in [-0.05, 0) is 32.1 Å². The first-order valence-electron chi connectivity index (χ1n) is 7.38. The molecule has 1 aromatic heterocycles. The predicted octanol–water partition coefficient (Wildman–Crippen LogP) is 3.00. The molecule has 1 unspecified atom stereocenters. The zero-order valence-corrected chi connectivity index (χ0v) is 12.3. The highest BCUT2D eigenvalue weighted by Gasteiger charge is 2.20. The van der Waals surface area contributed by atoms with Gasteiger partial charge in [-0.2, -0.15) is 0 Å². The van der Waals surface area contributed by atoms with Gasteiger partial charge in [-0.25, -0.2) is 9.97 Å². The van der Waals surface area contributed by atoms with Crippen molar-refractivity contribution in [3.05, 3.63) is 17.6 Å². The van der Waals surface area contributed by atoms with Crippen molar-refractivity contribution < 1.29 is 4.74 Å². The van der Waals surface area contributed by atoms with Gasteiger partial charge in [-0.15, -0.1) is 0 Å².